The Bertz CT molecular complexity index is 1760. The topological polar surface area (TPSA) is 123 Å². The highest BCUT2D eigenvalue weighted by molar-refractivity contribution is 7.92. The second-order valence-electron chi connectivity index (χ2n) is 9.54. The molecule has 0 unspecified atom stereocenters. The van der Waals surface area contributed by atoms with Crippen LogP contribution < -0.4 is 29.1 Å². The van der Waals surface area contributed by atoms with Crippen LogP contribution in [-0.2, 0) is 21.2 Å². The third kappa shape index (κ3) is 6.85. The van der Waals surface area contributed by atoms with Crippen molar-refractivity contribution in [1.82, 2.24) is 0 Å². The van der Waals surface area contributed by atoms with Crippen LogP contribution in [0.3, 0.4) is 0 Å². The zero-order valence-corrected chi connectivity index (χ0v) is 24.9. The van der Waals surface area contributed by atoms with Gasteiger partial charge in [0.1, 0.15) is 17.2 Å². The number of amides is 2. The molecular weight excluding hydrogens is 594 g/mol. The number of fused-ring (bicyclic) bond motifs is 1. The first-order valence-corrected chi connectivity index (χ1v) is 15.0. The molecule has 0 saturated heterocycles. The standard InChI is InChI=1S/C31H28ClN3O7S/c1-40-24-8-4-21(5-9-24)31(37)35-16-15-20-3-6-22(18-28(20)35)33-30(36)19-42-25-10-12-26(13-11-25)43(38,39)34-23-7-14-29(41-2)27(32)17-23/h3-14,17-18,34H,15-16,19H2,1-2H3,(H,33,36). The Kier molecular flexibility index (Phi) is 8.74. The molecule has 10 nitrogen and oxygen atoms in total. The first-order chi connectivity index (χ1) is 20.7. The number of ether oxygens (including phenoxy) is 3. The van der Waals surface area contributed by atoms with Gasteiger partial charge in [0.15, 0.2) is 6.61 Å². The van der Waals surface area contributed by atoms with Crippen molar-refractivity contribution in [3.05, 3.63) is 101 Å². The molecule has 12 heteroatoms. The van der Waals surface area contributed by atoms with Crippen LogP contribution in [-0.4, -0.2) is 47.6 Å². The van der Waals surface area contributed by atoms with E-state index in [1.807, 2.05) is 6.07 Å². The molecule has 0 saturated carbocycles. The highest BCUT2D eigenvalue weighted by Crippen LogP contribution is 2.33. The van der Waals surface area contributed by atoms with Gasteiger partial charge in [-0.2, -0.15) is 0 Å². The normalized spacial score (nSPS) is 12.3. The van der Waals surface area contributed by atoms with Crippen LogP contribution in [0.1, 0.15) is 15.9 Å². The van der Waals surface area contributed by atoms with Gasteiger partial charge in [0.2, 0.25) is 0 Å². The molecule has 222 valence electrons. The van der Waals surface area contributed by atoms with Crippen molar-refractivity contribution in [2.24, 2.45) is 0 Å². The number of nitrogens with one attached hydrogen (secondary N) is 2. The SMILES string of the molecule is COc1ccc(C(=O)N2CCc3ccc(NC(=O)COc4ccc(S(=O)(=O)Nc5ccc(OC)c(Cl)c5)cc4)cc32)cc1. The van der Waals surface area contributed by atoms with Gasteiger partial charge in [-0.15, -0.1) is 0 Å². The number of nitrogens with zero attached hydrogens (tertiary/aromatic N) is 1. The molecule has 2 amide bonds. The van der Waals surface area contributed by atoms with Gasteiger partial charge in [-0.1, -0.05) is 17.7 Å². The van der Waals surface area contributed by atoms with Crippen molar-refractivity contribution < 1.29 is 32.2 Å². The number of rotatable bonds is 10. The van der Waals surface area contributed by atoms with Gasteiger partial charge in [0.25, 0.3) is 21.8 Å². The molecule has 0 aliphatic carbocycles. The molecule has 2 N–H and O–H groups in total. The maximum absolute atomic E-state index is 13.1. The largest absolute Gasteiger partial charge is 0.497 e. The zero-order valence-electron chi connectivity index (χ0n) is 23.3. The fraction of sp³-hybridized carbons (Fsp3) is 0.161. The Morgan fingerprint density at radius 1 is 0.860 bits per heavy atom. The van der Waals surface area contributed by atoms with Crippen molar-refractivity contribution in [2.75, 3.05) is 42.3 Å². The van der Waals surface area contributed by atoms with Gasteiger partial charge >= 0.3 is 0 Å². The molecular formula is C31H28ClN3O7S. The van der Waals surface area contributed by atoms with E-state index < -0.39 is 15.9 Å². The quantitative estimate of drug-likeness (QED) is 0.244. The number of hydrogen-bond acceptors (Lipinski definition) is 7. The maximum atomic E-state index is 13.1. The molecule has 4 aromatic carbocycles. The summed E-state index contributed by atoms with van der Waals surface area (Å²) < 4.78 is 43.8. The summed E-state index contributed by atoms with van der Waals surface area (Å²) in [4.78, 5) is 27.5. The fourth-order valence-electron chi connectivity index (χ4n) is 4.56. The number of anilines is 3. The van der Waals surface area contributed by atoms with Crippen LogP contribution in [0.5, 0.6) is 17.2 Å². The third-order valence-corrected chi connectivity index (χ3v) is 8.45. The number of carbonyl (C=O) groups excluding carboxylic acids is 2. The Labute approximate surface area is 254 Å². The van der Waals surface area contributed by atoms with Crippen LogP contribution in [0.2, 0.25) is 5.02 Å². The average Bonchev–Trinajstić information content (AvgIpc) is 3.43. The van der Waals surface area contributed by atoms with Gasteiger partial charge in [-0.3, -0.25) is 14.3 Å². The highest BCUT2D eigenvalue weighted by Gasteiger charge is 2.26. The Morgan fingerprint density at radius 2 is 1.56 bits per heavy atom. The number of benzene rings is 4. The van der Waals surface area contributed by atoms with Gasteiger partial charge in [-0.05, 0) is 90.8 Å². The smallest absolute Gasteiger partial charge is 0.262 e. The highest BCUT2D eigenvalue weighted by atomic mass is 35.5. The lowest BCUT2D eigenvalue weighted by molar-refractivity contribution is -0.118. The van der Waals surface area contributed by atoms with Crippen molar-refractivity contribution in [2.45, 2.75) is 11.3 Å². The number of hydrogen-bond donors (Lipinski definition) is 2. The molecule has 1 heterocycles. The van der Waals surface area contributed by atoms with E-state index in [9.17, 15) is 18.0 Å². The summed E-state index contributed by atoms with van der Waals surface area (Å²) in [7, 11) is -0.860. The molecule has 0 aromatic heterocycles. The van der Waals surface area contributed by atoms with Crippen LogP contribution in [0.15, 0.2) is 89.8 Å². The van der Waals surface area contributed by atoms with Gasteiger partial charge in [0, 0.05) is 23.5 Å². The van der Waals surface area contributed by atoms with E-state index in [-0.39, 0.29) is 28.1 Å². The molecule has 0 atom stereocenters. The molecule has 43 heavy (non-hydrogen) atoms. The Hall–Kier alpha value is -4.74. The van der Waals surface area contributed by atoms with Gasteiger partial charge < -0.3 is 24.4 Å². The first-order valence-electron chi connectivity index (χ1n) is 13.1. The molecule has 0 fully saturated rings. The predicted molar refractivity (Wildman–Crippen MR) is 164 cm³/mol. The summed E-state index contributed by atoms with van der Waals surface area (Å²) >= 11 is 6.08. The van der Waals surface area contributed by atoms with Crippen LogP contribution in [0.4, 0.5) is 17.1 Å². The van der Waals surface area contributed by atoms with E-state index in [4.69, 9.17) is 25.8 Å². The minimum atomic E-state index is -3.89. The van der Waals surface area contributed by atoms with Crippen LogP contribution in [0, 0.1) is 0 Å². The second-order valence-corrected chi connectivity index (χ2v) is 11.6. The lowest BCUT2D eigenvalue weighted by Crippen LogP contribution is -2.29. The number of methoxy groups -OCH3 is 2. The summed E-state index contributed by atoms with van der Waals surface area (Å²) in [6, 6.07) is 22.6. The summed E-state index contributed by atoms with van der Waals surface area (Å²) in [6.45, 7) is 0.232. The van der Waals surface area contributed by atoms with Crippen LogP contribution >= 0.6 is 11.6 Å². The minimum absolute atomic E-state index is 0.00289. The van der Waals surface area contributed by atoms with E-state index in [1.165, 1.54) is 43.5 Å². The monoisotopic (exact) mass is 621 g/mol. The Balaban J connectivity index is 1.17. The van der Waals surface area contributed by atoms with E-state index >= 15 is 0 Å². The van der Waals surface area contributed by atoms with Crippen molar-refractivity contribution >= 4 is 50.5 Å². The lowest BCUT2D eigenvalue weighted by atomic mass is 10.1. The molecule has 0 spiro atoms. The fourth-order valence-corrected chi connectivity index (χ4v) is 5.87. The van der Waals surface area contributed by atoms with E-state index in [1.54, 1.807) is 54.5 Å². The number of carbonyl (C=O) groups is 2. The molecule has 0 bridgehead atoms. The average molecular weight is 622 g/mol. The van der Waals surface area contributed by atoms with Crippen molar-refractivity contribution in [3.8, 4) is 17.2 Å². The first kappa shape index (κ1) is 29.7. The molecule has 4 aromatic rings. The summed E-state index contributed by atoms with van der Waals surface area (Å²) in [5.41, 5.74) is 3.09. The molecule has 0 radical (unpaired) electrons. The third-order valence-electron chi connectivity index (χ3n) is 6.75. The molecule has 5 rings (SSSR count). The van der Waals surface area contributed by atoms with E-state index in [2.05, 4.69) is 10.0 Å². The van der Waals surface area contributed by atoms with Gasteiger partial charge in [0.05, 0.1) is 29.8 Å². The minimum Gasteiger partial charge on any atom is -0.497 e. The maximum Gasteiger partial charge on any atom is 0.262 e. The second kappa shape index (κ2) is 12.6. The van der Waals surface area contributed by atoms with E-state index in [0.717, 1.165) is 11.3 Å². The number of halogens is 1. The summed E-state index contributed by atoms with van der Waals surface area (Å²) in [5, 5.41) is 3.06. The lowest BCUT2D eigenvalue weighted by Gasteiger charge is -2.18. The van der Waals surface area contributed by atoms with E-state index in [0.29, 0.717) is 41.5 Å². The zero-order chi connectivity index (χ0) is 30.6. The number of sulfonamides is 1. The molecule has 1 aliphatic rings. The van der Waals surface area contributed by atoms with Crippen LogP contribution in [0.25, 0.3) is 0 Å². The van der Waals surface area contributed by atoms with Crippen molar-refractivity contribution in [1.29, 1.82) is 0 Å². The molecule has 1 aliphatic heterocycles. The Morgan fingerprint density at radius 3 is 2.23 bits per heavy atom. The van der Waals surface area contributed by atoms with Crippen molar-refractivity contribution in [3.63, 3.8) is 0 Å². The predicted octanol–water partition coefficient (Wildman–Crippen LogP) is 5.38. The summed E-state index contributed by atoms with van der Waals surface area (Å²) in [6.07, 6.45) is 0.712. The summed E-state index contributed by atoms with van der Waals surface area (Å²) in [5.74, 6) is 0.849. The van der Waals surface area contributed by atoms with Gasteiger partial charge in [-0.25, -0.2) is 8.42 Å².